The van der Waals surface area contributed by atoms with E-state index in [4.69, 9.17) is 4.74 Å². The van der Waals surface area contributed by atoms with Gasteiger partial charge in [0.15, 0.2) is 0 Å². The molecular weight excluding hydrogens is 240 g/mol. The van der Waals surface area contributed by atoms with Gasteiger partial charge in [0.05, 0.1) is 12.5 Å². The van der Waals surface area contributed by atoms with E-state index in [-0.39, 0.29) is 5.92 Å². The second-order valence-corrected chi connectivity index (χ2v) is 5.69. The number of ether oxygens (including phenoxy) is 1. The van der Waals surface area contributed by atoms with Gasteiger partial charge in [-0.3, -0.25) is 4.79 Å². The van der Waals surface area contributed by atoms with Crippen molar-refractivity contribution in [2.24, 2.45) is 11.8 Å². The Labute approximate surface area is 117 Å². The molecule has 1 fully saturated rings. The van der Waals surface area contributed by atoms with Crippen molar-refractivity contribution in [1.82, 2.24) is 10.2 Å². The molecule has 1 aliphatic heterocycles. The van der Waals surface area contributed by atoms with Crippen molar-refractivity contribution in [2.75, 3.05) is 33.4 Å². The quantitative estimate of drug-likeness (QED) is 0.768. The molecule has 2 atom stereocenters. The molecule has 0 aromatic carbocycles. The number of hydrogen-bond acceptors (Lipinski definition) is 3. The third-order valence-corrected chi connectivity index (χ3v) is 4.12. The smallest absolute Gasteiger partial charge is 0.227 e. The van der Waals surface area contributed by atoms with Crippen LogP contribution in [0.15, 0.2) is 0 Å². The summed E-state index contributed by atoms with van der Waals surface area (Å²) in [5, 5.41) is 3.37. The lowest BCUT2D eigenvalue weighted by molar-refractivity contribution is -0.139. The molecule has 4 nitrogen and oxygen atoms in total. The second kappa shape index (κ2) is 8.54. The Kier molecular flexibility index (Phi) is 7.39. The van der Waals surface area contributed by atoms with Gasteiger partial charge in [-0.2, -0.15) is 0 Å². The summed E-state index contributed by atoms with van der Waals surface area (Å²) in [6.07, 6.45) is 3.04. The van der Waals surface area contributed by atoms with Gasteiger partial charge in [0.2, 0.25) is 5.91 Å². The number of methoxy groups -OCH3 is 1. The molecule has 0 radical (unpaired) electrons. The van der Waals surface area contributed by atoms with Crippen molar-refractivity contribution in [3.05, 3.63) is 0 Å². The van der Waals surface area contributed by atoms with Gasteiger partial charge in [-0.25, -0.2) is 0 Å². The molecule has 1 aliphatic rings. The van der Waals surface area contributed by atoms with Crippen molar-refractivity contribution < 1.29 is 9.53 Å². The zero-order valence-corrected chi connectivity index (χ0v) is 12.9. The number of rotatable bonds is 7. The standard InChI is InChI=1S/C15H30N2O2/c1-5-14(6-2)17(7-8-19-4)15(18)13-9-12(3)10-16-11-13/h12-14,16H,5-11H2,1-4H3. The molecule has 0 aromatic heterocycles. The van der Waals surface area contributed by atoms with E-state index in [1.807, 2.05) is 4.90 Å². The van der Waals surface area contributed by atoms with Crippen LogP contribution in [-0.2, 0) is 9.53 Å². The van der Waals surface area contributed by atoms with E-state index < -0.39 is 0 Å². The van der Waals surface area contributed by atoms with Gasteiger partial charge < -0.3 is 15.0 Å². The van der Waals surface area contributed by atoms with Crippen LogP contribution >= 0.6 is 0 Å². The molecule has 0 spiro atoms. The SMILES string of the molecule is CCC(CC)N(CCOC)C(=O)C1CNCC(C)C1. The second-order valence-electron chi connectivity index (χ2n) is 5.69. The highest BCUT2D eigenvalue weighted by Crippen LogP contribution is 2.21. The topological polar surface area (TPSA) is 41.6 Å². The maximum Gasteiger partial charge on any atom is 0.227 e. The Morgan fingerprint density at radius 3 is 2.58 bits per heavy atom. The molecule has 0 saturated carbocycles. The number of carbonyl (C=O) groups excluding carboxylic acids is 1. The molecule has 2 unspecified atom stereocenters. The molecule has 0 bridgehead atoms. The van der Waals surface area contributed by atoms with Gasteiger partial charge in [0.25, 0.3) is 0 Å². The summed E-state index contributed by atoms with van der Waals surface area (Å²) in [7, 11) is 1.69. The number of carbonyl (C=O) groups is 1. The average Bonchev–Trinajstić information content (AvgIpc) is 2.43. The van der Waals surface area contributed by atoms with Crippen LogP contribution in [0.5, 0.6) is 0 Å². The summed E-state index contributed by atoms with van der Waals surface area (Å²) in [6.45, 7) is 9.72. The molecule has 4 heteroatoms. The maximum absolute atomic E-state index is 12.7. The molecule has 1 amide bonds. The molecule has 1 heterocycles. The highest BCUT2D eigenvalue weighted by molar-refractivity contribution is 5.79. The van der Waals surface area contributed by atoms with E-state index >= 15 is 0 Å². The van der Waals surface area contributed by atoms with Crippen molar-refractivity contribution in [1.29, 1.82) is 0 Å². The minimum Gasteiger partial charge on any atom is -0.383 e. The lowest BCUT2D eigenvalue weighted by Crippen LogP contribution is -2.49. The first-order chi connectivity index (χ1) is 9.13. The fourth-order valence-electron chi connectivity index (χ4n) is 2.97. The Morgan fingerprint density at radius 2 is 2.05 bits per heavy atom. The number of nitrogens with zero attached hydrogens (tertiary/aromatic N) is 1. The van der Waals surface area contributed by atoms with E-state index in [1.165, 1.54) is 0 Å². The predicted molar refractivity (Wildman–Crippen MR) is 78.1 cm³/mol. The van der Waals surface area contributed by atoms with Crippen molar-refractivity contribution >= 4 is 5.91 Å². The van der Waals surface area contributed by atoms with Gasteiger partial charge >= 0.3 is 0 Å². The summed E-state index contributed by atoms with van der Waals surface area (Å²) >= 11 is 0. The zero-order valence-electron chi connectivity index (χ0n) is 12.9. The normalized spacial score (nSPS) is 23.6. The molecule has 1 saturated heterocycles. The highest BCUT2D eigenvalue weighted by Gasteiger charge is 2.30. The third kappa shape index (κ3) is 4.77. The first-order valence-corrected chi connectivity index (χ1v) is 7.64. The van der Waals surface area contributed by atoms with Gasteiger partial charge in [-0.05, 0) is 31.7 Å². The number of amides is 1. The van der Waals surface area contributed by atoms with E-state index in [0.717, 1.165) is 32.4 Å². The molecule has 0 aliphatic carbocycles. The lowest BCUT2D eigenvalue weighted by atomic mass is 9.90. The minimum atomic E-state index is 0.140. The van der Waals surface area contributed by atoms with Crippen molar-refractivity contribution in [2.45, 2.75) is 46.1 Å². The van der Waals surface area contributed by atoms with Crippen LogP contribution < -0.4 is 5.32 Å². The molecule has 1 N–H and O–H groups in total. The van der Waals surface area contributed by atoms with Gasteiger partial charge in [0, 0.05) is 26.2 Å². The van der Waals surface area contributed by atoms with E-state index in [2.05, 4.69) is 26.1 Å². The fourth-order valence-corrected chi connectivity index (χ4v) is 2.97. The van der Waals surface area contributed by atoms with Crippen molar-refractivity contribution in [3.63, 3.8) is 0 Å². The number of piperidine rings is 1. The van der Waals surface area contributed by atoms with Gasteiger partial charge in [-0.1, -0.05) is 20.8 Å². The van der Waals surface area contributed by atoms with Crippen LogP contribution in [0.25, 0.3) is 0 Å². The number of hydrogen-bond donors (Lipinski definition) is 1. The zero-order chi connectivity index (χ0) is 14.3. The first kappa shape index (κ1) is 16.4. The maximum atomic E-state index is 12.7. The molecular formula is C15H30N2O2. The highest BCUT2D eigenvalue weighted by atomic mass is 16.5. The molecule has 112 valence electrons. The Balaban J connectivity index is 2.68. The molecule has 0 aromatic rings. The van der Waals surface area contributed by atoms with Crippen LogP contribution in [0.4, 0.5) is 0 Å². The third-order valence-electron chi connectivity index (χ3n) is 4.12. The van der Waals surface area contributed by atoms with E-state index in [9.17, 15) is 4.79 Å². The molecule has 1 rings (SSSR count). The van der Waals surface area contributed by atoms with Crippen LogP contribution in [0, 0.1) is 11.8 Å². The van der Waals surface area contributed by atoms with Crippen LogP contribution in [0.3, 0.4) is 0 Å². The van der Waals surface area contributed by atoms with E-state index in [0.29, 0.717) is 31.0 Å². The van der Waals surface area contributed by atoms with Crippen LogP contribution in [-0.4, -0.2) is 50.2 Å². The lowest BCUT2D eigenvalue weighted by Gasteiger charge is -2.36. The van der Waals surface area contributed by atoms with Gasteiger partial charge in [-0.15, -0.1) is 0 Å². The fraction of sp³-hybridized carbons (Fsp3) is 0.933. The van der Waals surface area contributed by atoms with Gasteiger partial charge in [0.1, 0.15) is 0 Å². The first-order valence-electron chi connectivity index (χ1n) is 7.64. The summed E-state index contributed by atoms with van der Waals surface area (Å²) in [5.41, 5.74) is 0. The Bertz CT molecular complexity index is 267. The summed E-state index contributed by atoms with van der Waals surface area (Å²) < 4.78 is 5.16. The number of nitrogens with one attached hydrogen (secondary N) is 1. The monoisotopic (exact) mass is 270 g/mol. The van der Waals surface area contributed by atoms with Crippen molar-refractivity contribution in [3.8, 4) is 0 Å². The molecule has 19 heavy (non-hydrogen) atoms. The summed E-state index contributed by atoms with van der Waals surface area (Å²) in [6, 6.07) is 0.347. The van der Waals surface area contributed by atoms with Crippen LogP contribution in [0.1, 0.15) is 40.0 Å². The largest absolute Gasteiger partial charge is 0.383 e. The average molecular weight is 270 g/mol. The summed E-state index contributed by atoms with van der Waals surface area (Å²) in [5.74, 6) is 1.04. The summed E-state index contributed by atoms with van der Waals surface area (Å²) in [4.78, 5) is 14.8. The Hall–Kier alpha value is -0.610. The Morgan fingerprint density at radius 1 is 1.37 bits per heavy atom. The van der Waals surface area contributed by atoms with Crippen LogP contribution in [0.2, 0.25) is 0 Å². The van der Waals surface area contributed by atoms with E-state index in [1.54, 1.807) is 7.11 Å². The predicted octanol–water partition coefficient (Wildman–Crippen LogP) is 1.90. The minimum absolute atomic E-state index is 0.140.